The van der Waals surface area contributed by atoms with Gasteiger partial charge in [-0.25, -0.2) is 4.98 Å². The average Bonchev–Trinajstić information content (AvgIpc) is 2.36. The fourth-order valence-electron chi connectivity index (χ4n) is 5.01. The van der Waals surface area contributed by atoms with Crippen LogP contribution in [-0.2, 0) is 11.3 Å². The zero-order chi connectivity index (χ0) is 12.9. The Morgan fingerprint density at radius 2 is 1.79 bits per heavy atom. The third kappa shape index (κ3) is 2.04. The minimum Gasteiger partial charge on any atom is -0.383 e. The number of hydrogen-bond acceptors (Lipinski definition) is 3. The molecule has 1 aromatic heterocycles. The molecule has 4 bridgehead atoms. The highest BCUT2D eigenvalue weighted by Gasteiger charge is 2.51. The molecular weight excluding hydrogens is 236 g/mol. The Bertz CT molecular complexity index is 450. The van der Waals surface area contributed by atoms with Gasteiger partial charge in [0.15, 0.2) is 0 Å². The maximum atomic E-state index is 6.39. The number of anilines is 1. The number of ether oxygens (including phenoxy) is 1. The summed E-state index contributed by atoms with van der Waals surface area (Å²) < 4.78 is 6.39. The second kappa shape index (κ2) is 4.20. The molecule has 4 aliphatic carbocycles. The van der Waals surface area contributed by atoms with E-state index in [4.69, 9.17) is 10.5 Å². The van der Waals surface area contributed by atoms with Crippen LogP contribution in [-0.4, -0.2) is 10.6 Å². The van der Waals surface area contributed by atoms with Crippen LogP contribution >= 0.6 is 0 Å². The lowest BCUT2D eigenvalue weighted by Gasteiger charge is -2.56. The van der Waals surface area contributed by atoms with Gasteiger partial charge in [0.1, 0.15) is 5.82 Å². The zero-order valence-corrected chi connectivity index (χ0v) is 11.3. The predicted octanol–water partition coefficient (Wildman–Crippen LogP) is 3.15. The van der Waals surface area contributed by atoms with E-state index < -0.39 is 0 Å². The lowest BCUT2D eigenvalue weighted by Crippen LogP contribution is -2.51. The highest BCUT2D eigenvalue weighted by molar-refractivity contribution is 5.37. The van der Waals surface area contributed by atoms with E-state index in [1.807, 2.05) is 12.1 Å². The quantitative estimate of drug-likeness (QED) is 0.906. The maximum absolute atomic E-state index is 6.39. The Hall–Kier alpha value is -1.09. The summed E-state index contributed by atoms with van der Waals surface area (Å²) in [6.07, 6.45) is 9.94. The fraction of sp³-hybridized carbons (Fsp3) is 0.688. The molecule has 0 radical (unpaired) electrons. The Kier molecular flexibility index (Phi) is 2.59. The van der Waals surface area contributed by atoms with Crippen molar-refractivity contribution in [2.75, 3.05) is 5.73 Å². The van der Waals surface area contributed by atoms with Crippen molar-refractivity contribution >= 4 is 5.82 Å². The Labute approximate surface area is 114 Å². The number of nitrogens with two attached hydrogens (primary N) is 1. The largest absolute Gasteiger partial charge is 0.383 e. The summed E-state index contributed by atoms with van der Waals surface area (Å²) in [5.41, 5.74) is 7.11. The topological polar surface area (TPSA) is 48.1 Å². The summed E-state index contributed by atoms with van der Waals surface area (Å²) in [5.74, 6) is 3.40. The van der Waals surface area contributed by atoms with Crippen molar-refractivity contribution in [3.63, 3.8) is 0 Å². The van der Waals surface area contributed by atoms with E-state index in [1.165, 1.54) is 38.5 Å². The van der Waals surface area contributed by atoms with Crippen molar-refractivity contribution in [3.05, 3.63) is 23.9 Å². The Morgan fingerprint density at radius 1 is 1.16 bits per heavy atom. The van der Waals surface area contributed by atoms with Gasteiger partial charge in [-0.1, -0.05) is 6.07 Å². The first-order valence-corrected chi connectivity index (χ1v) is 7.56. The molecule has 0 aliphatic heterocycles. The molecule has 0 saturated heterocycles. The molecule has 1 heterocycles. The van der Waals surface area contributed by atoms with Crippen LogP contribution in [0.4, 0.5) is 5.82 Å². The van der Waals surface area contributed by atoms with Crippen molar-refractivity contribution in [2.24, 2.45) is 17.8 Å². The number of aromatic nitrogens is 1. The minimum atomic E-state index is 0.164. The lowest BCUT2D eigenvalue weighted by atomic mass is 9.54. The molecule has 3 nitrogen and oxygen atoms in total. The van der Waals surface area contributed by atoms with Gasteiger partial charge < -0.3 is 10.5 Å². The van der Waals surface area contributed by atoms with Gasteiger partial charge >= 0.3 is 0 Å². The van der Waals surface area contributed by atoms with Gasteiger partial charge in [-0.05, 0) is 62.3 Å². The number of rotatable bonds is 3. The molecule has 1 aromatic rings. The van der Waals surface area contributed by atoms with Gasteiger partial charge in [0.05, 0.1) is 12.2 Å². The highest BCUT2D eigenvalue weighted by atomic mass is 16.5. The predicted molar refractivity (Wildman–Crippen MR) is 74.3 cm³/mol. The maximum Gasteiger partial charge on any atom is 0.128 e. The molecule has 4 aliphatic rings. The van der Waals surface area contributed by atoms with Gasteiger partial charge in [-0.15, -0.1) is 0 Å². The molecule has 102 valence electrons. The second-order valence-electron chi connectivity index (χ2n) is 6.94. The average molecular weight is 258 g/mol. The number of nitrogen functional groups attached to an aromatic ring is 1. The van der Waals surface area contributed by atoms with E-state index in [9.17, 15) is 0 Å². The van der Waals surface area contributed by atoms with Crippen LogP contribution in [0.15, 0.2) is 18.3 Å². The minimum absolute atomic E-state index is 0.164. The van der Waals surface area contributed by atoms with E-state index in [1.54, 1.807) is 6.20 Å². The molecule has 19 heavy (non-hydrogen) atoms. The van der Waals surface area contributed by atoms with Crippen LogP contribution in [0.2, 0.25) is 0 Å². The lowest BCUT2D eigenvalue weighted by molar-refractivity contribution is -0.168. The van der Waals surface area contributed by atoms with Crippen molar-refractivity contribution < 1.29 is 4.74 Å². The summed E-state index contributed by atoms with van der Waals surface area (Å²) in [5, 5.41) is 0. The molecule has 0 unspecified atom stereocenters. The van der Waals surface area contributed by atoms with E-state index in [0.717, 1.165) is 23.3 Å². The van der Waals surface area contributed by atoms with E-state index in [2.05, 4.69) is 4.98 Å². The summed E-state index contributed by atoms with van der Waals surface area (Å²) in [6.45, 7) is 0.631. The van der Waals surface area contributed by atoms with Gasteiger partial charge in [-0.3, -0.25) is 0 Å². The molecule has 3 heteroatoms. The first-order valence-electron chi connectivity index (χ1n) is 7.56. The molecule has 4 saturated carbocycles. The summed E-state index contributed by atoms with van der Waals surface area (Å²) in [6, 6.07) is 3.97. The van der Waals surface area contributed by atoms with Crippen LogP contribution in [0.3, 0.4) is 0 Å². The summed E-state index contributed by atoms with van der Waals surface area (Å²) in [4.78, 5) is 4.14. The van der Waals surface area contributed by atoms with Crippen molar-refractivity contribution in [1.29, 1.82) is 0 Å². The van der Waals surface area contributed by atoms with Gasteiger partial charge in [0, 0.05) is 11.8 Å². The molecule has 0 atom stereocenters. The fourth-order valence-corrected chi connectivity index (χ4v) is 5.01. The molecule has 5 rings (SSSR count). The van der Waals surface area contributed by atoms with Crippen LogP contribution in [0.25, 0.3) is 0 Å². The number of nitrogens with zero attached hydrogens (tertiary/aromatic N) is 1. The third-order valence-corrected chi connectivity index (χ3v) is 5.44. The normalized spacial score (nSPS) is 39.7. The Morgan fingerprint density at radius 3 is 2.37 bits per heavy atom. The van der Waals surface area contributed by atoms with E-state index in [-0.39, 0.29) is 5.60 Å². The van der Waals surface area contributed by atoms with Gasteiger partial charge in [-0.2, -0.15) is 0 Å². The molecule has 4 fully saturated rings. The summed E-state index contributed by atoms with van der Waals surface area (Å²) >= 11 is 0. The van der Waals surface area contributed by atoms with Gasteiger partial charge in [0.25, 0.3) is 0 Å². The van der Waals surface area contributed by atoms with Crippen LogP contribution in [0, 0.1) is 17.8 Å². The van der Waals surface area contributed by atoms with E-state index >= 15 is 0 Å². The first kappa shape index (κ1) is 11.7. The zero-order valence-electron chi connectivity index (χ0n) is 11.3. The molecule has 0 spiro atoms. The Balaban J connectivity index is 1.49. The van der Waals surface area contributed by atoms with Crippen LogP contribution in [0.1, 0.15) is 44.1 Å². The van der Waals surface area contributed by atoms with Crippen molar-refractivity contribution in [1.82, 2.24) is 4.98 Å². The van der Waals surface area contributed by atoms with Gasteiger partial charge in [0.2, 0.25) is 0 Å². The SMILES string of the molecule is Nc1ncccc1COC12CC3CC(CC(C3)C1)C2. The molecule has 0 amide bonds. The van der Waals surface area contributed by atoms with Crippen LogP contribution in [0.5, 0.6) is 0 Å². The highest BCUT2D eigenvalue weighted by Crippen LogP contribution is 2.57. The van der Waals surface area contributed by atoms with Crippen molar-refractivity contribution in [2.45, 2.75) is 50.7 Å². The third-order valence-electron chi connectivity index (χ3n) is 5.44. The molecular formula is C16H22N2O. The number of pyridine rings is 1. The molecule has 2 N–H and O–H groups in total. The summed E-state index contributed by atoms with van der Waals surface area (Å²) in [7, 11) is 0. The second-order valence-corrected chi connectivity index (χ2v) is 6.94. The molecule has 0 aromatic carbocycles. The standard InChI is InChI=1S/C16H22N2O/c17-15-14(2-1-3-18-15)10-19-16-7-11-4-12(8-16)6-13(5-11)9-16/h1-3,11-13H,4-10H2,(H2,17,18). The number of hydrogen-bond donors (Lipinski definition) is 1. The monoisotopic (exact) mass is 258 g/mol. The van der Waals surface area contributed by atoms with Crippen LogP contribution < -0.4 is 5.73 Å². The first-order chi connectivity index (χ1) is 9.22. The smallest absolute Gasteiger partial charge is 0.128 e. The van der Waals surface area contributed by atoms with E-state index in [0.29, 0.717) is 12.4 Å². The van der Waals surface area contributed by atoms with Crippen molar-refractivity contribution in [3.8, 4) is 0 Å².